The Kier molecular flexibility index (Phi) is 8.53. The summed E-state index contributed by atoms with van der Waals surface area (Å²) in [5.74, 6) is 1.96. The zero-order valence-electron chi connectivity index (χ0n) is 20.6. The third-order valence-corrected chi connectivity index (χ3v) is 6.75. The SMILES string of the molecule is COCO[C@@]1(Cc2cc(O[C@H]3CC[C@H](C)CC3)c(C)cn2)C(=O)N(COC)[C@H]1CC(C)C. The van der Waals surface area contributed by atoms with Crippen molar-refractivity contribution in [1.29, 1.82) is 0 Å². The lowest BCUT2D eigenvalue weighted by Gasteiger charge is -2.55. The van der Waals surface area contributed by atoms with Gasteiger partial charge in [-0.25, -0.2) is 0 Å². The van der Waals surface area contributed by atoms with E-state index in [0.717, 1.165) is 42.2 Å². The third kappa shape index (κ3) is 5.43. The van der Waals surface area contributed by atoms with Gasteiger partial charge in [-0.15, -0.1) is 0 Å². The van der Waals surface area contributed by atoms with E-state index >= 15 is 0 Å². The van der Waals surface area contributed by atoms with Gasteiger partial charge in [-0.3, -0.25) is 9.78 Å². The molecule has 0 spiro atoms. The van der Waals surface area contributed by atoms with Gasteiger partial charge >= 0.3 is 0 Å². The number of β-lactam (4-membered cyclic amide) rings is 1. The molecule has 7 heteroatoms. The van der Waals surface area contributed by atoms with Crippen molar-refractivity contribution < 1.29 is 23.7 Å². The van der Waals surface area contributed by atoms with Crippen molar-refractivity contribution in [1.82, 2.24) is 9.88 Å². The quantitative estimate of drug-likeness (QED) is 0.375. The van der Waals surface area contributed by atoms with Crippen LogP contribution in [0.15, 0.2) is 12.3 Å². The molecule has 1 aliphatic carbocycles. The second kappa shape index (κ2) is 10.9. The lowest BCUT2D eigenvalue weighted by molar-refractivity contribution is -0.235. The molecule has 32 heavy (non-hydrogen) atoms. The number of carbonyl (C=O) groups excluding carboxylic acids is 1. The zero-order chi connectivity index (χ0) is 23.3. The number of carbonyl (C=O) groups is 1. The molecule has 2 fully saturated rings. The molecule has 0 unspecified atom stereocenters. The van der Waals surface area contributed by atoms with Gasteiger partial charge in [-0.05, 0) is 50.9 Å². The Bertz CT molecular complexity index is 763. The van der Waals surface area contributed by atoms with Gasteiger partial charge in [0.05, 0.1) is 12.1 Å². The number of aryl methyl sites for hydroxylation is 1. The lowest BCUT2D eigenvalue weighted by Crippen LogP contribution is -2.76. The first kappa shape index (κ1) is 24.9. The third-order valence-electron chi connectivity index (χ3n) is 6.75. The monoisotopic (exact) mass is 448 g/mol. The van der Waals surface area contributed by atoms with Crippen LogP contribution >= 0.6 is 0 Å². The van der Waals surface area contributed by atoms with Crippen LogP contribution < -0.4 is 4.74 Å². The highest BCUT2D eigenvalue weighted by atomic mass is 16.7. The van der Waals surface area contributed by atoms with Crippen LogP contribution in [0, 0.1) is 18.8 Å². The fourth-order valence-corrected chi connectivity index (χ4v) is 4.90. The number of amides is 1. The first-order valence-electron chi connectivity index (χ1n) is 11.9. The number of aromatic nitrogens is 1. The van der Waals surface area contributed by atoms with E-state index in [2.05, 4.69) is 25.8 Å². The van der Waals surface area contributed by atoms with Crippen molar-refractivity contribution >= 4 is 5.91 Å². The Morgan fingerprint density at radius 3 is 2.53 bits per heavy atom. The summed E-state index contributed by atoms with van der Waals surface area (Å²) in [6, 6.07) is 1.89. The van der Waals surface area contributed by atoms with E-state index in [9.17, 15) is 4.79 Å². The number of methoxy groups -OCH3 is 2. The van der Waals surface area contributed by atoms with Crippen molar-refractivity contribution in [2.75, 3.05) is 27.7 Å². The topological polar surface area (TPSA) is 70.1 Å². The molecule has 0 bridgehead atoms. The molecule has 1 saturated carbocycles. The lowest BCUT2D eigenvalue weighted by atomic mass is 9.75. The number of hydrogen-bond donors (Lipinski definition) is 0. The first-order chi connectivity index (χ1) is 15.3. The van der Waals surface area contributed by atoms with Crippen molar-refractivity contribution in [3.05, 3.63) is 23.5 Å². The summed E-state index contributed by atoms with van der Waals surface area (Å²) in [5, 5.41) is 0. The van der Waals surface area contributed by atoms with Gasteiger partial charge in [-0.2, -0.15) is 0 Å². The highest BCUT2D eigenvalue weighted by Gasteiger charge is 2.62. The molecule has 1 saturated heterocycles. The highest BCUT2D eigenvalue weighted by molar-refractivity contribution is 5.93. The van der Waals surface area contributed by atoms with E-state index < -0.39 is 5.60 Å². The van der Waals surface area contributed by atoms with Crippen LogP contribution in [0.4, 0.5) is 0 Å². The maximum absolute atomic E-state index is 13.3. The van der Waals surface area contributed by atoms with Crippen molar-refractivity contribution in [3.63, 3.8) is 0 Å². The van der Waals surface area contributed by atoms with Gasteiger partial charge in [0.25, 0.3) is 5.91 Å². The molecule has 2 aliphatic rings. The normalized spacial score (nSPS) is 28.2. The van der Waals surface area contributed by atoms with Crippen LogP contribution in [0.1, 0.15) is 64.1 Å². The molecule has 0 radical (unpaired) electrons. The number of rotatable bonds is 11. The summed E-state index contributed by atoms with van der Waals surface area (Å²) in [5.41, 5.74) is 0.808. The van der Waals surface area contributed by atoms with Gasteiger partial charge < -0.3 is 23.8 Å². The molecule has 2 heterocycles. The number of pyridine rings is 1. The second-order valence-electron chi connectivity index (χ2n) is 9.90. The Morgan fingerprint density at radius 1 is 1.19 bits per heavy atom. The summed E-state index contributed by atoms with van der Waals surface area (Å²) >= 11 is 0. The fourth-order valence-electron chi connectivity index (χ4n) is 4.90. The first-order valence-corrected chi connectivity index (χ1v) is 11.9. The average molecular weight is 449 g/mol. The van der Waals surface area contributed by atoms with E-state index in [-0.39, 0.29) is 31.6 Å². The van der Waals surface area contributed by atoms with E-state index in [4.69, 9.17) is 18.9 Å². The standard InChI is InChI=1S/C25H40N2O5/c1-17(2)11-23-25(31-16-30-6,24(28)27(23)15-29-5)13-20-12-22(19(4)14-26-20)32-21-9-7-18(3)8-10-21/h12,14,17-18,21,23H,7-11,13,15-16H2,1-6H3/t18-,21-,23-,25+/m0/s1. The molecule has 1 amide bonds. The minimum absolute atomic E-state index is 0.0522. The predicted molar refractivity (Wildman–Crippen MR) is 122 cm³/mol. The Morgan fingerprint density at radius 2 is 1.91 bits per heavy atom. The van der Waals surface area contributed by atoms with Gasteiger partial charge in [0.1, 0.15) is 19.3 Å². The van der Waals surface area contributed by atoms with Crippen LogP contribution in [0.25, 0.3) is 0 Å². The zero-order valence-corrected chi connectivity index (χ0v) is 20.6. The minimum Gasteiger partial charge on any atom is -0.490 e. The van der Waals surface area contributed by atoms with Gasteiger partial charge in [-0.1, -0.05) is 20.8 Å². The molecule has 1 aliphatic heterocycles. The Labute approximate surface area is 192 Å². The summed E-state index contributed by atoms with van der Waals surface area (Å²) in [7, 11) is 3.18. The molecule has 1 aromatic heterocycles. The smallest absolute Gasteiger partial charge is 0.259 e. The van der Waals surface area contributed by atoms with Crippen LogP contribution in [-0.2, 0) is 25.4 Å². The summed E-state index contributed by atoms with van der Waals surface area (Å²) in [6.07, 6.45) is 7.86. The molecular formula is C25H40N2O5. The molecule has 180 valence electrons. The minimum atomic E-state index is -1.00. The van der Waals surface area contributed by atoms with Crippen LogP contribution in [-0.4, -0.2) is 61.3 Å². The molecule has 2 atom stereocenters. The molecule has 0 N–H and O–H groups in total. The van der Waals surface area contributed by atoms with Gasteiger partial charge in [0.15, 0.2) is 5.60 Å². The molecule has 1 aromatic rings. The maximum Gasteiger partial charge on any atom is 0.259 e. The van der Waals surface area contributed by atoms with E-state index in [1.54, 1.807) is 19.1 Å². The maximum atomic E-state index is 13.3. The molecular weight excluding hydrogens is 408 g/mol. The number of hydrogen-bond acceptors (Lipinski definition) is 6. The molecule has 7 nitrogen and oxygen atoms in total. The van der Waals surface area contributed by atoms with E-state index in [1.165, 1.54) is 12.8 Å². The number of likely N-dealkylation sites (tertiary alicyclic amines) is 1. The van der Waals surface area contributed by atoms with Crippen LogP contribution in [0.2, 0.25) is 0 Å². The summed E-state index contributed by atoms with van der Waals surface area (Å²) < 4.78 is 23.0. The van der Waals surface area contributed by atoms with Crippen molar-refractivity contribution in [2.24, 2.45) is 11.8 Å². The highest BCUT2D eigenvalue weighted by Crippen LogP contribution is 2.41. The summed E-state index contributed by atoms with van der Waals surface area (Å²) in [4.78, 5) is 19.7. The van der Waals surface area contributed by atoms with Crippen molar-refractivity contribution in [2.45, 2.75) is 84.0 Å². The largest absolute Gasteiger partial charge is 0.490 e. The molecule has 3 rings (SSSR count). The van der Waals surface area contributed by atoms with Crippen molar-refractivity contribution in [3.8, 4) is 5.75 Å². The number of nitrogens with zero attached hydrogens (tertiary/aromatic N) is 2. The fraction of sp³-hybridized carbons (Fsp3) is 0.760. The van der Waals surface area contributed by atoms with E-state index in [0.29, 0.717) is 12.3 Å². The van der Waals surface area contributed by atoms with Crippen LogP contribution in [0.3, 0.4) is 0 Å². The number of ether oxygens (including phenoxy) is 4. The molecule has 0 aromatic carbocycles. The Balaban J connectivity index is 1.82. The van der Waals surface area contributed by atoms with Gasteiger partial charge in [0, 0.05) is 44.2 Å². The average Bonchev–Trinajstić information content (AvgIpc) is 2.77. The van der Waals surface area contributed by atoms with Crippen LogP contribution in [0.5, 0.6) is 5.75 Å². The van der Waals surface area contributed by atoms with Gasteiger partial charge in [0.2, 0.25) is 0 Å². The second-order valence-corrected chi connectivity index (χ2v) is 9.90. The Hall–Kier alpha value is -1.70. The summed E-state index contributed by atoms with van der Waals surface area (Å²) in [6.45, 7) is 8.93. The van der Waals surface area contributed by atoms with E-state index in [1.807, 2.05) is 19.2 Å². The predicted octanol–water partition coefficient (Wildman–Crippen LogP) is 4.11.